The fourth-order valence-electron chi connectivity index (χ4n) is 2.18. The van der Waals surface area contributed by atoms with Crippen LogP contribution in [0, 0.1) is 5.92 Å². The Labute approximate surface area is 105 Å². The number of hydrogen-bond acceptors (Lipinski definition) is 3. The first-order chi connectivity index (χ1) is 7.69. The Balaban J connectivity index is 2.35. The zero-order chi connectivity index (χ0) is 13.2. The van der Waals surface area contributed by atoms with Gasteiger partial charge in [0.05, 0.1) is 6.04 Å². The molecule has 17 heavy (non-hydrogen) atoms. The largest absolute Gasteiger partial charge is 0.350 e. The van der Waals surface area contributed by atoms with Crippen LogP contribution in [0.25, 0.3) is 0 Å². The summed E-state index contributed by atoms with van der Waals surface area (Å²) in [6.45, 7) is 8.93. The molecule has 0 spiro atoms. The second kappa shape index (κ2) is 5.36. The van der Waals surface area contributed by atoms with Crippen LogP contribution in [0.2, 0.25) is 0 Å². The van der Waals surface area contributed by atoms with Crippen molar-refractivity contribution in [3.8, 4) is 0 Å². The van der Waals surface area contributed by atoms with E-state index in [1.807, 2.05) is 34.7 Å². The summed E-state index contributed by atoms with van der Waals surface area (Å²) in [5, 5.41) is 3.01. The average Bonchev–Trinajstić information content (AvgIpc) is 2.11. The first-order valence-corrected chi connectivity index (χ1v) is 6.47. The third kappa shape index (κ3) is 4.64. The van der Waals surface area contributed by atoms with Crippen molar-refractivity contribution in [2.75, 3.05) is 13.6 Å². The fourth-order valence-corrected chi connectivity index (χ4v) is 2.18. The van der Waals surface area contributed by atoms with Gasteiger partial charge in [-0.3, -0.25) is 9.69 Å². The standard InChI is InChI=1S/C13H27N3O/c1-9(12(17)15-13(2,3)4)16(5)8-10-6-11(14)7-10/h9-11H,6-8,14H2,1-5H3,(H,15,17). The lowest BCUT2D eigenvalue weighted by molar-refractivity contribution is -0.127. The number of rotatable bonds is 4. The van der Waals surface area contributed by atoms with E-state index in [1.54, 1.807) is 0 Å². The molecule has 4 heteroatoms. The van der Waals surface area contributed by atoms with Gasteiger partial charge >= 0.3 is 0 Å². The Kier molecular flexibility index (Phi) is 4.55. The van der Waals surface area contributed by atoms with Gasteiger partial charge in [-0.25, -0.2) is 0 Å². The Bertz CT molecular complexity index is 266. The Morgan fingerprint density at radius 3 is 2.41 bits per heavy atom. The van der Waals surface area contributed by atoms with Gasteiger partial charge in [0.25, 0.3) is 0 Å². The van der Waals surface area contributed by atoms with Gasteiger partial charge in [-0.2, -0.15) is 0 Å². The van der Waals surface area contributed by atoms with Crippen molar-refractivity contribution >= 4 is 5.91 Å². The molecule has 0 aliphatic heterocycles. The van der Waals surface area contributed by atoms with Crippen molar-refractivity contribution in [1.82, 2.24) is 10.2 Å². The van der Waals surface area contributed by atoms with Crippen LogP contribution in [0.4, 0.5) is 0 Å². The van der Waals surface area contributed by atoms with E-state index in [0.29, 0.717) is 12.0 Å². The summed E-state index contributed by atoms with van der Waals surface area (Å²) in [4.78, 5) is 14.1. The number of nitrogens with one attached hydrogen (secondary N) is 1. The number of likely N-dealkylation sites (N-methyl/N-ethyl adjacent to an activating group) is 1. The SMILES string of the molecule is CC(C(=O)NC(C)(C)C)N(C)CC1CC(N)C1. The first-order valence-electron chi connectivity index (χ1n) is 6.47. The number of nitrogens with zero attached hydrogens (tertiary/aromatic N) is 1. The molecule has 100 valence electrons. The molecule has 1 atom stereocenters. The summed E-state index contributed by atoms with van der Waals surface area (Å²) in [5.41, 5.74) is 5.60. The molecule has 0 heterocycles. The van der Waals surface area contributed by atoms with Crippen molar-refractivity contribution < 1.29 is 4.79 Å². The number of carbonyl (C=O) groups excluding carboxylic acids is 1. The third-order valence-electron chi connectivity index (χ3n) is 3.36. The normalized spacial score (nSPS) is 26.5. The highest BCUT2D eigenvalue weighted by Gasteiger charge is 2.29. The van der Waals surface area contributed by atoms with E-state index < -0.39 is 0 Å². The quantitative estimate of drug-likeness (QED) is 0.771. The van der Waals surface area contributed by atoms with Gasteiger partial charge in [0.15, 0.2) is 0 Å². The van der Waals surface area contributed by atoms with Gasteiger partial charge in [-0.15, -0.1) is 0 Å². The van der Waals surface area contributed by atoms with Crippen molar-refractivity contribution in [3.05, 3.63) is 0 Å². The van der Waals surface area contributed by atoms with Gasteiger partial charge in [0.2, 0.25) is 5.91 Å². The van der Waals surface area contributed by atoms with Crippen molar-refractivity contribution in [2.45, 2.75) is 58.2 Å². The van der Waals surface area contributed by atoms with Gasteiger partial charge in [-0.1, -0.05) is 0 Å². The molecule has 1 aliphatic carbocycles. The predicted octanol–water partition coefficient (Wildman–Crippen LogP) is 0.959. The number of carbonyl (C=O) groups is 1. The summed E-state index contributed by atoms with van der Waals surface area (Å²) in [6, 6.07) is 0.304. The average molecular weight is 241 g/mol. The minimum Gasteiger partial charge on any atom is -0.350 e. The highest BCUT2D eigenvalue weighted by Crippen LogP contribution is 2.26. The molecule has 1 fully saturated rings. The lowest BCUT2D eigenvalue weighted by Gasteiger charge is -2.37. The van der Waals surface area contributed by atoms with Gasteiger partial charge in [0.1, 0.15) is 0 Å². The minimum atomic E-state index is -0.162. The molecule has 4 nitrogen and oxygen atoms in total. The fraction of sp³-hybridized carbons (Fsp3) is 0.923. The van der Waals surface area contributed by atoms with Crippen molar-refractivity contribution in [3.63, 3.8) is 0 Å². The molecular formula is C13H27N3O. The van der Waals surface area contributed by atoms with Gasteiger partial charge < -0.3 is 11.1 Å². The molecule has 0 bridgehead atoms. The van der Waals surface area contributed by atoms with E-state index >= 15 is 0 Å². The van der Waals surface area contributed by atoms with E-state index in [2.05, 4.69) is 10.2 Å². The van der Waals surface area contributed by atoms with E-state index in [-0.39, 0.29) is 17.5 Å². The second-order valence-electron chi connectivity index (χ2n) is 6.45. The molecule has 0 aromatic rings. The third-order valence-corrected chi connectivity index (χ3v) is 3.36. The number of nitrogens with two attached hydrogens (primary N) is 1. The van der Waals surface area contributed by atoms with E-state index in [4.69, 9.17) is 5.73 Å². The Morgan fingerprint density at radius 1 is 1.47 bits per heavy atom. The highest BCUT2D eigenvalue weighted by atomic mass is 16.2. The van der Waals surface area contributed by atoms with E-state index in [0.717, 1.165) is 19.4 Å². The molecule has 0 aromatic heterocycles. The molecular weight excluding hydrogens is 214 g/mol. The summed E-state index contributed by atoms with van der Waals surface area (Å²) < 4.78 is 0. The van der Waals surface area contributed by atoms with Crippen LogP contribution in [0.1, 0.15) is 40.5 Å². The summed E-state index contributed by atoms with van der Waals surface area (Å²) in [6.07, 6.45) is 2.19. The first kappa shape index (κ1) is 14.5. The van der Waals surface area contributed by atoms with Gasteiger partial charge in [0, 0.05) is 18.1 Å². The maximum Gasteiger partial charge on any atom is 0.237 e. The maximum absolute atomic E-state index is 12.0. The molecule has 3 N–H and O–H groups in total. The molecule has 1 aliphatic rings. The van der Waals surface area contributed by atoms with Crippen molar-refractivity contribution in [1.29, 1.82) is 0 Å². The highest BCUT2D eigenvalue weighted by molar-refractivity contribution is 5.81. The predicted molar refractivity (Wildman–Crippen MR) is 70.7 cm³/mol. The second-order valence-corrected chi connectivity index (χ2v) is 6.45. The lowest BCUT2D eigenvalue weighted by atomic mass is 9.80. The molecule has 1 amide bonds. The monoisotopic (exact) mass is 241 g/mol. The van der Waals surface area contributed by atoms with E-state index in [1.165, 1.54) is 0 Å². The van der Waals surface area contributed by atoms with Crippen LogP contribution < -0.4 is 11.1 Å². The summed E-state index contributed by atoms with van der Waals surface area (Å²) in [5.74, 6) is 0.767. The zero-order valence-corrected chi connectivity index (χ0v) is 11.8. The Hall–Kier alpha value is -0.610. The minimum absolute atomic E-state index is 0.0777. The molecule has 0 saturated heterocycles. The topological polar surface area (TPSA) is 58.4 Å². The number of hydrogen-bond donors (Lipinski definition) is 2. The van der Waals surface area contributed by atoms with Gasteiger partial charge in [-0.05, 0) is 53.5 Å². The van der Waals surface area contributed by atoms with Crippen LogP contribution in [-0.4, -0.2) is 42.0 Å². The van der Waals surface area contributed by atoms with Crippen LogP contribution >= 0.6 is 0 Å². The summed E-state index contributed by atoms with van der Waals surface area (Å²) in [7, 11) is 2.01. The molecule has 0 radical (unpaired) electrons. The number of amides is 1. The van der Waals surface area contributed by atoms with Crippen molar-refractivity contribution in [2.24, 2.45) is 11.7 Å². The summed E-state index contributed by atoms with van der Waals surface area (Å²) >= 11 is 0. The van der Waals surface area contributed by atoms with E-state index in [9.17, 15) is 4.79 Å². The van der Waals surface area contributed by atoms with Crippen LogP contribution in [0.5, 0.6) is 0 Å². The zero-order valence-electron chi connectivity index (χ0n) is 11.8. The van der Waals surface area contributed by atoms with Crippen LogP contribution in [0.15, 0.2) is 0 Å². The Morgan fingerprint density at radius 2 is 2.00 bits per heavy atom. The van der Waals surface area contributed by atoms with Crippen LogP contribution in [-0.2, 0) is 4.79 Å². The maximum atomic E-state index is 12.0. The van der Waals surface area contributed by atoms with Crippen LogP contribution in [0.3, 0.4) is 0 Å². The smallest absolute Gasteiger partial charge is 0.237 e. The molecule has 1 unspecified atom stereocenters. The molecule has 1 saturated carbocycles. The molecule has 0 aromatic carbocycles. The lowest BCUT2D eigenvalue weighted by Crippen LogP contribution is -2.52. The molecule has 1 rings (SSSR count).